The van der Waals surface area contributed by atoms with Gasteiger partial charge < -0.3 is 15.4 Å². The van der Waals surface area contributed by atoms with Gasteiger partial charge in [-0.15, -0.1) is 0 Å². The fraction of sp³-hybridized carbons (Fsp3) is 0.692. The van der Waals surface area contributed by atoms with Crippen LogP contribution in [-0.4, -0.2) is 47.3 Å². The number of nitrogens with one attached hydrogen (secondary N) is 1. The zero-order valence-electron chi connectivity index (χ0n) is 11.6. The van der Waals surface area contributed by atoms with Crippen LogP contribution in [0.1, 0.15) is 42.4 Å². The summed E-state index contributed by atoms with van der Waals surface area (Å²) in [6.45, 7) is 3.44. The lowest BCUT2D eigenvalue weighted by molar-refractivity contribution is 0.0583. The Morgan fingerprint density at radius 2 is 2.42 bits per heavy atom. The van der Waals surface area contributed by atoms with E-state index < -0.39 is 0 Å². The predicted octanol–water partition coefficient (Wildman–Crippen LogP) is 1.20. The Kier molecular flexibility index (Phi) is 4.42. The molecule has 2 rings (SSSR count). The van der Waals surface area contributed by atoms with E-state index in [0.29, 0.717) is 17.9 Å². The van der Waals surface area contributed by atoms with Gasteiger partial charge in [0.2, 0.25) is 0 Å². The number of rotatable bonds is 5. The van der Waals surface area contributed by atoms with Crippen molar-refractivity contribution in [1.29, 1.82) is 0 Å². The second-order valence-corrected chi connectivity index (χ2v) is 5.04. The van der Waals surface area contributed by atoms with Crippen molar-refractivity contribution in [2.75, 3.05) is 25.9 Å². The van der Waals surface area contributed by atoms with E-state index in [1.165, 1.54) is 0 Å². The van der Waals surface area contributed by atoms with Crippen molar-refractivity contribution in [2.45, 2.75) is 38.7 Å². The molecule has 1 aromatic heterocycles. The lowest BCUT2D eigenvalue weighted by Crippen LogP contribution is -2.34. The smallest absolute Gasteiger partial charge is 0.276 e. The number of nitrogen functional groups attached to an aromatic ring is 1. The molecule has 1 aliphatic heterocycles. The average Bonchev–Trinajstić information content (AvgIpc) is 3.00. The molecule has 1 aromatic rings. The minimum absolute atomic E-state index is 0.143. The second-order valence-electron chi connectivity index (χ2n) is 5.04. The third-order valence-corrected chi connectivity index (χ3v) is 3.43. The second kappa shape index (κ2) is 6.06. The molecule has 1 aliphatic rings. The van der Waals surface area contributed by atoms with Gasteiger partial charge in [-0.1, -0.05) is 13.3 Å². The van der Waals surface area contributed by atoms with Crippen LogP contribution in [0.3, 0.4) is 0 Å². The molecule has 1 saturated heterocycles. The number of hydrogen-bond acceptors (Lipinski definition) is 4. The highest BCUT2D eigenvalue weighted by molar-refractivity contribution is 5.97. The van der Waals surface area contributed by atoms with Gasteiger partial charge in [-0.3, -0.25) is 9.89 Å². The van der Waals surface area contributed by atoms with E-state index in [2.05, 4.69) is 17.1 Å². The maximum absolute atomic E-state index is 12.3. The Morgan fingerprint density at radius 3 is 3.05 bits per heavy atom. The number of carbonyl (C=O) groups is 1. The number of likely N-dealkylation sites (N-methyl/N-ethyl adjacent to an activating group) is 1. The molecular formula is C13H22N4O2. The molecule has 0 spiro atoms. The van der Waals surface area contributed by atoms with Crippen molar-refractivity contribution in [3.05, 3.63) is 11.4 Å². The summed E-state index contributed by atoms with van der Waals surface area (Å²) in [5.74, 6) is -0.147. The van der Waals surface area contributed by atoms with Crippen LogP contribution in [0.2, 0.25) is 0 Å². The molecule has 0 saturated carbocycles. The standard InChI is InChI=1S/C13H22N4O2/c1-3-5-10-11(14)12(16-15-10)13(18)17(2)8-9-6-4-7-19-9/h9H,3-8,14H2,1-2H3,(H,15,16). The fourth-order valence-corrected chi connectivity index (χ4v) is 2.35. The van der Waals surface area contributed by atoms with Crippen LogP contribution in [0.25, 0.3) is 0 Å². The molecule has 19 heavy (non-hydrogen) atoms. The first kappa shape index (κ1) is 13.9. The number of amides is 1. The molecule has 0 aromatic carbocycles. The number of nitrogens with two attached hydrogens (primary N) is 1. The van der Waals surface area contributed by atoms with E-state index in [0.717, 1.165) is 38.0 Å². The summed E-state index contributed by atoms with van der Waals surface area (Å²) < 4.78 is 5.53. The number of ether oxygens (including phenoxy) is 1. The number of carbonyl (C=O) groups excluding carboxylic acids is 1. The minimum atomic E-state index is -0.147. The third-order valence-electron chi connectivity index (χ3n) is 3.43. The van der Waals surface area contributed by atoms with Gasteiger partial charge >= 0.3 is 0 Å². The van der Waals surface area contributed by atoms with E-state index in [4.69, 9.17) is 10.5 Å². The first-order chi connectivity index (χ1) is 9.13. The summed E-state index contributed by atoms with van der Waals surface area (Å²) in [4.78, 5) is 13.9. The molecule has 1 fully saturated rings. The largest absolute Gasteiger partial charge is 0.395 e. The zero-order valence-corrected chi connectivity index (χ0v) is 11.6. The maximum atomic E-state index is 12.3. The van der Waals surface area contributed by atoms with Gasteiger partial charge in [0, 0.05) is 20.2 Å². The number of nitrogens with zero attached hydrogens (tertiary/aromatic N) is 2. The van der Waals surface area contributed by atoms with E-state index >= 15 is 0 Å². The highest BCUT2D eigenvalue weighted by atomic mass is 16.5. The predicted molar refractivity (Wildman–Crippen MR) is 72.9 cm³/mol. The SMILES string of the molecule is CCCc1[nH]nc(C(=O)N(C)CC2CCCO2)c1N. The van der Waals surface area contributed by atoms with Gasteiger partial charge in [-0.2, -0.15) is 5.10 Å². The first-order valence-corrected chi connectivity index (χ1v) is 6.83. The molecule has 0 bridgehead atoms. The number of anilines is 1. The zero-order chi connectivity index (χ0) is 13.8. The van der Waals surface area contributed by atoms with Crippen LogP contribution in [0.4, 0.5) is 5.69 Å². The molecule has 1 unspecified atom stereocenters. The highest BCUT2D eigenvalue weighted by Gasteiger charge is 2.24. The van der Waals surface area contributed by atoms with Crippen molar-refractivity contribution in [3.63, 3.8) is 0 Å². The van der Waals surface area contributed by atoms with Crippen molar-refractivity contribution in [3.8, 4) is 0 Å². The Bertz CT molecular complexity index is 438. The topological polar surface area (TPSA) is 84.2 Å². The van der Waals surface area contributed by atoms with Crippen LogP contribution >= 0.6 is 0 Å². The molecular weight excluding hydrogens is 244 g/mol. The Labute approximate surface area is 113 Å². The molecule has 1 amide bonds. The number of H-pyrrole nitrogens is 1. The third kappa shape index (κ3) is 3.07. The van der Waals surface area contributed by atoms with Gasteiger partial charge in [0.15, 0.2) is 5.69 Å². The van der Waals surface area contributed by atoms with Gasteiger partial charge in [0.1, 0.15) is 0 Å². The monoisotopic (exact) mass is 266 g/mol. The summed E-state index contributed by atoms with van der Waals surface area (Å²) in [6, 6.07) is 0. The molecule has 6 nitrogen and oxygen atoms in total. The highest BCUT2D eigenvalue weighted by Crippen LogP contribution is 2.18. The summed E-state index contributed by atoms with van der Waals surface area (Å²) in [7, 11) is 1.76. The molecule has 2 heterocycles. The van der Waals surface area contributed by atoms with E-state index in [1.54, 1.807) is 11.9 Å². The lowest BCUT2D eigenvalue weighted by atomic mass is 10.2. The number of hydrogen-bond donors (Lipinski definition) is 2. The minimum Gasteiger partial charge on any atom is -0.395 e. The average molecular weight is 266 g/mol. The van der Waals surface area contributed by atoms with Gasteiger partial charge in [-0.25, -0.2) is 0 Å². The molecule has 6 heteroatoms. The fourth-order valence-electron chi connectivity index (χ4n) is 2.35. The number of aryl methyl sites for hydroxylation is 1. The molecule has 0 aliphatic carbocycles. The van der Waals surface area contributed by atoms with Gasteiger partial charge in [0.05, 0.1) is 17.5 Å². The van der Waals surface area contributed by atoms with E-state index in [1.807, 2.05) is 0 Å². The summed E-state index contributed by atoms with van der Waals surface area (Å²) in [5, 5.41) is 6.90. The summed E-state index contributed by atoms with van der Waals surface area (Å²) in [6.07, 6.45) is 3.99. The van der Waals surface area contributed by atoms with Crippen molar-refractivity contribution < 1.29 is 9.53 Å². The van der Waals surface area contributed by atoms with Gasteiger partial charge in [-0.05, 0) is 19.3 Å². The molecule has 0 radical (unpaired) electrons. The van der Waals surface area contributed by atoms with E-state index in [-0.39, 0.29) is 12.0 Å². The number of aromatic amines is 1. The van der Waals surface area contributed by atoms with Crippen molar-refractivity contribution >= 4 is 11.6 Å². The van der Waals surface area contributed by atoms with E-state index in [9.17, 15) is 4.79 Å². The van der Waals surface area contributed by atoms with Crippen molar-refractivity contribution in [2.24, 2.45) is 0 Å². The first-order valence-electron chi connectivity index (χ1n) is 6.83. The quantitative estimate of drug-likeness (QED) is 0.838. The maximum Gasteiger partial charge on any atom is 0.276 e. The Hall–Kier alpha value is -1.56. The summed E-state index contributed by atoms with van der Waals surface area (Å²) in [5.41, 5.74) is 7.61. The lowest BCUT2D eigenvalue weighted by Gasteiger charge is -2.20. The van der Waals surface area contributed by atoms with Crippen LogP contribution in [0.5, 0.6) is 0 Å². The van der Waals surface area contributed by atoms with Crippen LogP contribution in [0.15, 0.2) is 0 Å². The van der Waals surface area contributed by atoms with Crippen molar-refractivity contribution in [1.82, 2.24) is 15.1 Å². The Morgan fingerprint density at radius 1 is 1.63 bits per heavy atom. The number of aromatic nitrogens is 2. The molecule has 106 valence electrons. The Balaban J connectivity index is 2.01. The van der Waals surface area contributed by atoms with Crippen LogP contribution in [-0.2, 0) is 11.2 Å². The molecule has 3 N–H and O–H groups in total. The molecule has 1 atom stereocenters. The van der Waals surface area contributed by atoms with Gasteiger partial charge in [0.25, 0.3) is 5.91 Å². The summed E-state index contributed by atoms with van der Waals surface area (Å²) >= 11 is 0. The van der Waals surface area contributed by atoms with Crippen LogP contribution in [0, 0.1) is 0 Å². The normalized spacial score (nSPS) is 18.7. The van der Waals surface area contributed by atoms with Crippen LogP contribution < -0.4 is 5.73 Å².